The van der Waals surface area contributed by atoms with Crippen molar-refractivity contribution in [2.75, 3.05) is 6.61 Å². The molecule has 2 N–H and O–H groups in total. The highest BCUT2D eigenvalue weighted by atomic mass is 35.5. The van der Waals surface area contributed by atoms with E-state index in [1.807, 2.05) is 6.07 Å². The summed E-state index contributed by atoms with van der Waals surface area (Å²) >= 11 is 5.79. The second-order valence-corrected chi connectivity index (χ2v) is 7.09. The summed E-state index contributed by atoms with van der Waals surface area (Å²) in [6.45, 7) is 3.46. The van der Waals surface area contributed by atoms with Crippen molar-refractivity contribution in [3.05, 3.63) is 87.2 Å². The van der Waals surface area contributed by atoms with Gasteiger partial charge in [0.1, 0.15) is 35.6 Å². The molecule has 0 fully saturated rings. The molecule has 0 aromatic heterocycles. The fourth-order valence-electron chi connectivity index (χ4n) is 3.27. The van der Waals surface area contributed by atoms with Gasteiger partial charge in [0.25, 0.3) is 0 Å². The first-order chi connectivity index (χ1) is 14.9. The number of esters is 1. The Morgan fingerprint density at radius 2 is 2.00 bits per heavy atom. The number of allylic oxidation sites excluding steroid dienone is 2. The van der Waals surface area contributed by atoms with Crippen molar-refractivity contribution in [2.45, 2.75) is 26.4 Å². The minimum atomic E-state index is -0.739. The third-order valence-corrected chi connectivity index (χ3v) is 5.03. The molecule has 0 aliphatic carbocycles. The third kappa shape index (κ3) is 4.65. The minimum absolute atomic E-state index is 0.00755. The number of benzene rings is 2. The summed E-state index contributed by atoms with van der Waals surface area (Å²) in [5.41, 5.74) is 7.17. The first kappa shape index (κ1) is 22.2. The topological polar surface area (TPSA) is 94.6 Å². The first-order valence-electron chi connectivity index (χ1n) is 9.48. The van der Waals surface area contributed by atoms with E-state index < -0.39 is 17.7 Å². The Bertz CT molecular complexity index is 1100. The number of carbonyl (C=O) groups is 1. The van der Waals surface area contributed by atoms with Crippen LogP contribution in [0.15, 0.2) is 65.3 Å². The molecule has 31 heavy (non-hydrogen) atoms. The molecule has 8 heteroatoms. The van der Waals surface area contributed by atoms with Crippen LogP contribution in [0, 0.1) is 17.1 Å². The summed E-state index contributed by atoms with van der Waals surface area (Å²) in [6, 6.07) is 13.5. The van der Waals surface area contributed by atoms with Gasteiger partial charge in [0, 0.05) is 5.56 Å². The van der Waals surface area contributed by atoms with Crippen molar-refractivity contribution in [3.8, 4) is 11.8 Å². The third-order valence-electron chi connectivity index (χ3n) is 4.74. The van der Waals surface area contributed by atoms with Crippen LogP contribution in [0.25, 0.3) is 0 Å². The van der Waals surface area contributed by atoms with Crippen molar-refractivity contribution in [1.29, 1.82) is 5.26 Å². The van der Waals surface area contributed by atoms with Crippen LogP contribution in [-0.2, 0) is 20.9 Å². The van der Waals surface area contributed by atoms with Gasteiger partial charge >= 0.3 is 5.97 Å². The number of nitriles is 1. The van der Waals surface area contributed by atoms with Crippen molar-refractivity contribution in [2.24, 2.45) is 5.73 Å². The molecule has 0 radical (unpaired) electrons. The second-order valence-electron chi connectivity index (χ2n) is 6.69. The lowest BCUT2D eigenvalue weighted by molar-refractivity contribution is -0.139. The van der Waals surface area contributed by atoms with E-state index in [4.69, 9.17) is 31.5 Å². The van der Waals surface area contributed by atoms with Gasteiger partial charge in [-0.05, 0) is 37.6 Å². The number of nitrogens with zero attached hydrogens (tertiary/aromatic N) is 1. The Balaban J connectivity index is 1.87. The van der Waals surface area contributed by atoms with Gasteiger partial charge in [-0.2, -0.15) is 5.26 Å². The molecule has 160 valence electrons. The summed E-state index contributed by atoms with van der Waals surface area (Å²) in [6.07, 6.45) is 0. The molecule has 1 heterocycles. The van der Waals surface area contributed by atoms with Gasteiger partial charge < -0.3 is 19.9 Å². The summed E-state index contributed by atoms with van der Waals surface area (Å²) in [5, 5.41) is 9.63. The molecule has 6 nitrogen and oxygen atoms in total. The zero-order valence-electron chi connectivity index (χ0n) is 16.9. The van der Waals surface area contributed by atoms with Gasteiger partial charge in [0.2, 0.25) is 5.88 Å². The van der Waals surface area contributed by atoms with E-state index in [1.165, 1.54) is 6.07 Å². The lowest BCUT2D eigenvalue weighted by Crippen LogP contribution is -2.25. The van der Waals surface area contributed by atoms with E-state index in [2.05, 4.69) is 0 Å². The molecule has 3 rings (SSSR count). The summed E-state index contributed by atoms with van der Waals surface area (Å²) < 4.78 is 30.2. The smallest absolute Gasteiger partial charge is 0.338 e. The number of carbonyl (C=O) groups excluding carboxylic acids is 1. The Kier molecular flexibility index (Phi) is 6.83. The summed E-state index contributed by atoms with van der Waals surface area (Å²) in [7, 11) is 0. The van der Waals surface area contributed by atoms with Crippen molar-refractivity contribution in [3.63, 3.8) is 0 Å². The quantitative estimate of drug-likeness (QED) is 0.651. The highest BCUT2D eigenvalue weighted by molar-refractivity contribution is 6.30. The minimum Gasteiger partial charge on any atom is -0.489 e. The van der Waals surface area contributed by atoms with Gasteiger partial charge in [-0.25, -0.2) is 9.18 Å². The summed E-state index contributed by atoms with van der Waals surface area (Å²) in [5.74, 6) is -1.16. The fourth-order valence-corrected chi connectivity index (χ4v) is 3.46. The predicted octanol–water partition coefficient (Wildman–Crippen LogP) is 4.70. The standard InChI is InChI=1S/C23H20ClFN2O4/c1-3-29-23(28)19-13(2)31-22(27)17(11-26)20(19)14-7-9-16(10-8-14)30-12-15-5-4-6-18(24)21(15)25/h4-10,20H,3,12,27H2,1-2H3. The van der Waals surface area contributed by atoms with E-state index in [9.17, 15) is 14.4 Å². The molecule has 1 aliphatic rings. The van der Waals surface area contributed by atoms with Crippen LogP contribution in [0.3, 0.4) is 0 Å². The Hall–Kier alpha value is -3.50. The van der Waals surface area contributed by atoms with Crippen molar-refractivity contribution < 1.29 is 23.4 Å². The van der Waals surface area contributed by atoms with Crippen LogP contribution in [0.2, 0.25) is 5.02 Å². The van der Waals surface area contributed by atoms with Gasteiger partial charge in [-0.15, -0.1) is 0 Å². The predicted molar refractivity (Wildman–Crippen MR) is 112 cm³/mol. The summed E-state index contributed by atoms with van der Waals surface area (Å²) in [4.78, 5) is 12.5. The number of ether oxygens (including phenoxy) is 3. The highest BCUT2D eigenvalue weighted by Crippen LogP contribution is 2.40. The maximum Gasteiger partial charge on any atom is 0.338 e. The number of nitrogens with two attached hydrogens (primary N) is 1. The van der Waals surface area contributed by atoms with Crippen LogP contribution in [0.1, 0.15) is 30.9 Å². The SMILES string of the molecule is CCOC(=O)C1=C(C)OC(N)=C(C#N)C1c1ccc(OCc2cccc(Cl)c2F)cc1. The second kappa shape index (κ2) is 9.54. The molecular formula is C23H20ClFN2O4. The maximum atomic E-state index is 14.0. The van der Waals surface area contributed by atoms with Crippen LogP contribution >= 0.6 is 11.6 Å². The Labute approximate surface area is 184 Å². The molecule has 0 spiro atoms. The molecule has 0 amide bonds. The molecule has 0 saturated carbocycles. The monoisotopic (exact) mass is 442 g/mol. The van der Waals surface area contributed by atoms with Gasteiger partial charge in [0.05, 0.1) is 23.1 Å². The number of halogens is 2. The lowest BCUT2D eigenvalue weighted by atomic mass is 9.83. The maximum absolute atomic E-state index is 14.0. The van der Waals surface area contributed by atoms with Crippen LogP contribution in [-0.4, -0.2) is 12.6 Å². The molecular weight excluding hydrogens is 423 g/mol. The zero-order chi connectivity index (χ0) is 22.5. The van der Waals surface area contributed by atoms with Gasteiger partial charge in [-0.3, -0.25) is 0 Å². The van der Waals surface area contributed by atoms with Crippen LogP contribution in [0.5, 0.6) is 5.75 Å². The molecule has 2 aromatic rings. The van der Waals surface area contributed by atoms with E-state index in [1.54, 1.807) is 50.2 Å². The lowest BCUT2D eigenvalue weighted by Gasteiger charge is -2.26. The van der Waals surface area contributed by atoms with Crippen LogP contribution in [0.4, 0.5) is 4.39 Å². The van der Waals surface area contributed by atoms with Gasteiger partial charge in [0.15, 0.2) is 0 Å². The normalized spacial score (nSPS) is 15.9. The average molecular weight is 443 g/mol. The zero-order valence-corrected chi connectivity index (χ0v) is 17.7. The van der Waals surface area contributed by atoms with E-state index in [0.717, 1.165) is 0 Å². The number of hydrogen-bond acceptors (Lipinski definition) is 6. The Morgan fingerprint density at radius 3 is 2.65 bits per heavy atom. The Morgan fingerprint density at radius 1 is 1.29 bits per heavy atom. The largest absolute Gasteiger partial charge is 0.489 e. The van der Waals surface area contributed by atoms with Crippen LogP contribution < -0.4 is 10.5 Å². The first-order valence-corrected chi connectivity index (χ1v) is 9.86. The van der Waals surface area contributed by atoms with Gasteiger partial charge in [-0.1, -0.05) is 35.9 Å². The average Bonchev–Trinajstić information content (AvgIpc) is 2.75. The number of hydrogen-bond donors (Lipinski definition) is 1. The molecule has 0 bridgehead atoms. The van der Waals surface area contributed by atoms with E-state index in [-0.39, 0.29) is 41.0 Å². The molecule has 1 aliphatic heterocycles. The fraction of sp³-hybridized carbons (Fsp3) is 0.217. The molecule has 0 saturated heterocycles. The van der Waals surface area contributed by atoms with Crippen molar-refractivity contribution >= 4 is 17.6 Å². The number of rotatable bonds is 6. The molecule has 2 aromatic carbocycles. The van der Waals surface area contributed by atoms with E-state index >= 15 is 0 Å². The molecule has 1 unspecified atom stereocenters. The molecule has 1 atom stereocenters. The van der Waals surface area contributed by atoms with E-state index in [0.29, 0.717) is 16.9 Å². The van der Waals surface area contributed by atoms with Crippen molar-refractivity contribution in [1.82, 2.24) is 0 Å². The highest BCUT2D eigenvalue weighted by Gasteiger charge is 2.36.